The van der Waals surface area contributed by atoms with Crippen molar-refractivity contribution in [3.05, 3.63) is 88.6 Å². The van der Waals surface area contributed by atoms with Crippen molar-refractivity contribution in [1.29, 1.82) is 0 Å². The molecular weight excluding hydrogens is 334 g/mol. The Bertz CT molecular complexity index is 933. The standard InChI is InChI=1S/C23H25N3O/c1-16-9-11-19(12-10-16)13-15-25-23(27)20-7-5-14-24-22(20)26-21-8-4-6-17(2)18(21)3/h4-12,14H,13,15H2,1-3H3,(H,24,26)(H,25,27). The fourth-order valence-corrected chi connectivity index (χ4v) is 2.87. The lowest BCUT2D eigenvalue weighted by atomic mass is 10.1. The Balaban J connectivity index is 1.68. The van der Waals surface area contributed by atoms with Gasteiger partial charge in [0.2, 0.25) is 0 Å². The van der Waals surface area contributed by atoms with Crippen LogP contribution in [0, 0.1) is 20.8 Å². The number of benzene rings is 2. The summed E-state index contributed by atoms with van der Waals surface area (Å²) in [4.78, 5) is 17.0. The summed E-state index contributed by atoms with van der Waals surface area (Å²) < 4.78 is 0. The zero-order chi connectivity index (χ0) is 19.2. The number of carbonyl (C=O) groups excluding carboxylic acids is 1. The summed E-state index contributed by atoms with van der Waals surface area (Å²) in [5.74, 6) is 0.446. The quantitative estimate of drug-likeness (QED) is 0.669. The van der Waals surface area contributed by atoms with Gasteiger partial charge >= 0.3 is 0 Å². The smallest absolute Gasteiger partial charge is 0.255 e. The molecule has 2 aromatic carbocycles. The third-order valence-corrected chi connectivity index (χ3v) is 4.73. The zero-order valence-electron chi connectivity index (χ0n) is 16.0. The van der Waals surface area contributed by atoms with Gasteiger partial charge in [0.05, 0.1) is 5.56 Å². The van der Waals surface area contributed by atoms with E-state index in [9.17, 15) is 4.79 Å². The fourth-order valence-electron chi connectivity index (χ4n) is 2.87. The highest BCUT2D eigenvalue weighted by molar-refractivity contribution is 5.99. The molecule has 1 aromatic heterocycles. The number of nitrogens with zero attached hydrogens (tertiary/aromatic N) is 1. The Hall–Kier alpha value is -3.14. The first-order chi connectivity index (χ1) is 13.0. The van der Waals surface area contributed by atoms with Crippen molar-refractivity contribution < 1.29 is 4.79 Å². The van der Waals surface area contributed by atoms with E-state index in [-0.39, 0.29) is 5.91 Å². The number of aromatic nitrogens is 1. The van der Waals surface area contributed by atoms with Gasteiger partial charge in [-0.05, 0) is 62.1 Å². The number of carbonyl (C=O) groups is 1. The lowest BCUT2D eigenvalue weighted by Gasteiger charge is -2.14. The largest absolute Gasteiger partial charge is 0.352 e. The zero-order valence-corrected chi connectivity index (χ0v) is 16.0. The Morgan fingerprint density at radius 3 is 2.52 bits per heavy atom. The van der Waals surface area contributed by atoms with Crippen molar-refractivity contribution in [1.82, 2.24) is 10.3 Å². The van der Waals surface area contributed by atoms with Crippen molar-refractivity contribution in [3.8, 4) is 0 Å². The van der Waals surface area contributed by atoms with E-state index in [1.165, 1.54) is 16.7 Å². The number of aryl methyl sites for hydroxylation is 2. The minimum Gasteiger partial charge on any atom is -0.352 e. The summed E-state index contributed by atoms with van der Waals surface area (Å²) in [6, 6.07) is 18.0. The van der Waals surface area contributed by atoms with Gasteiger partial charge in [-0.2, -0.15) is 0 Å². The topological polar surface area (TPSA) is 54.0 Å². The number of nitrogens with one attached hydrogen (secondary N) is 2. The van der Waals surface area contributed by atoms with E-state index in [1.54, 1.807) is 18.3 Å². The highest BCUT2D eigenvalue weighted by Crippen LogP contribution is 2.23. The van der Waals surface area contributed by atoms with Crippen LogP contribution in [0.3, 0.4) is 0 Å². The number of pyridine rings is 1. The second-order valence-corrected chi connectivity index (χ2v) is 6.76. The monoisotopic (exact) mass is 359 g/mol. The number of anilines is 2. The molecule has 0 spiro atoms. The molecule has 4 heteroatoms. The molecule has 0 bridgehead atoms. The summed E-state index contributed by atoms with van der Waals surface area (Å²) >= 11 is 0. The van der Waals surface area contributed by atoms with Gasteiger partial charge in [0.25, 0.3) is 5.91 Å². The van der Waals surface area contributed by atoms with Gasteiger partial charge in [-0.25, -0.2) is 4.98 Å². The molecule has 0 atom stereocenters. The number of hydrogen-bond donors (Lipinski definition) is 2. The van der Waals surface area contributed by atoms with Gasteiger partial charge in [-0.3, -0.25) is 4.79 Å². The van der Waals surface area contributed by atoms with Crippen LogP contribution in [0.25, 0.3) is 0 Å². The summed E-state index contributed by atoms with van der Waals surface area (Å²) in [6.45, 7) is 6.78. The van der Waals surface area contributed by atoms with Crippen molar-refractivity contribution in [2.24, 2.45) is 0 Å². The molecule has 0 radical (unpaired) electrons. The average Bonchev–Trinajstić information content (AvgIpc) is 2.67. The van der Waals surface area contributed by atoms with Crippen LogP contribution >= 0.6 is 0 Å². The molecular formula is C23H25N3O. The lowest BCUT2D eigenvalue weighted by molar-refractivity contribution is 0.0954. The molecule has 0 aliphatic heterocycles. The van der Waals surface area contributed by atoms with E-state index in [0.29, 0.717) is 17.9 Å². The Labute approximate surface area is 160 Å². The second-order valence-electron chi connectivity index (χ2n) is 6.76. The normalized spacial score (nSPS) is 10.5. The van der Waals surface area contributed by atoms with Crippen molar-refractivity contribution in [2.75, 3.05) is 11.9 Å². The van der Waals surface area contributed by atoms with Crippen LogP contribution in [0.2, 0.25) is 0 Å². The molecule has 2 N–H and O–H groups in total. The minimum absolute atomic E-state index is 0.122. The maximum atomic E-state index is 12.7. The second kappa shape index (κ2) is 8.49. The van der Waals surface area contributed by atoms with Crippen LogP contribution in [0.4, 0.5) is 11.5 Å². The highest BCUT2D eigenvalue weighted by atomic mass is 16.1. The maximum absolute atomic E-state index is 12.7. The number of amides is 1. The van der Waals surface area contributed by atoms with Crippen LogP contribution in [-0.2, 0) is 6.42 Å². The van der Waals surface area contributed by atoms with E-state index >= 15 is 0 Å². The molecule has 138 valence electrons. The van der Waals surface area contributed by atoms with Crippen molar-refractivity contribution in [2.45, 2.75) is 27.2 Å². The molecule has 0 aliphatic carbocycles. The SMILES string of the molecule is Cc1ccc(CCNC(=O)c2cccnc2Nc2cccc(C)c2C)cc1. The Kier molecular flexibility index (Phi) is 5.87. The number of rotatable bonds is 6. The molecule has 0 fully saturated rings. The van der Waals surface area contributed by atoms with E-state index in [2.05, 4.69) is 66.7 Å². The van der Waals surface area contributed by atoms with Crippen LogP contribution < -0.4 is 10.6 Å². The van der Waals surface area contributed by atoms with E-state index < -0.39 is 0 Å². The van der Waals surface area contributed by atoms with Crippen LogP contribution in [0.15, 0.2) is 60.8 Å². The molecule has 3 rings (SSSR count). The van der Waals surface area contributed by atoms with Gasteiger partial charge in [-0.1, -0.05) is 42.0 Å². The van der Waals surface area contributed by atoms with Gasteiger partial charge in [-0.15, -0.1) is 0 Å². The summed E-state index contributed by atoms with van der Waals surface area (Å²) in [5.41, 5.74) is 6.29. The van der Waals surface area contributed by atoms with E-state index in [4.69, 9.17) is 0 Å². The van der Waals surface area contributed by atoms with Crippen molar-refractivity contribution >= 4 is 17.4 Å². The minimum atomic E-state index is -0.122. The number of hydrogen-bond acceptors (Lipinski definition) is 3. The van der Waals surface area contributed by atoms with Crippen LogP contribution in [-0.4, -0.2) is 17.4 Å². The van der Waals surface area contributed by atoms with Crippen LogP contribution in [0.1, 0.15) is 32.6 Å². The molecule has 0 saturated carbocycles. The molecule has 1 amide bonds. The molecule has 3 aromatic rings. The molecule has 4 nitrogen and oxygen atoms in total. The predicted molar refractivity (Wildman–Crippen MR) is 111 cm³/mol. The predicted octanol–water partition coefficient (Wildman–Crippen LogP) is 4.72. The maximum Gasteiger partial charge on any atom is 0.255 e. The van der Waals surface area contributed by atoms with Gasteiger partial charge in [0.1, 0.15) is 5.82 Å². The lowest BCUT2D eigenvalue weighted by Crippen LogP contribution is -2.26. The first-order valence-corrected chi connectivity index (χ1v) is 9.16. The summed E-state index contributed by atoms with van der Waals surface area (Å²) in [6.07, 6.45) is 2.49. The van der Waals surface area contributed by atoms with E-state index in [1.807, 2.05) is 12.1 Å². The third kappa shape index (κ3) is 4.73. The fraction of sp³-hybridized carbons (Fsp3) is 0.217. The van der Waals surface area contributed by atoms with Gasteiger partial charge in [0, 0.05) is 18.4 Å². The molecule has 0 unspecified atom stereocenters. The molecule has 1 heterocycles. The van der Waals surface area contributed by atoms with Crippen LogP contribution in [0.5, 0.6) is 0 Å². The summed E-state index contributed by atoms with van der Waals surface area (Å²) in [7, 11) is 0. The third-order valence-electron chi connectivity index (χ3n) is 4.73. The Morgan fingerprint density at radius 1 is 0.963 bits per heavy atom. The Morgan fingerprint density at radius 2 is 1.74 bits per heavy atom. The van der Waals surface area contributed by atoms with Crippen molar-refractivity contribution in [3.63, 3.8) is 0 Å². The first-order valence-electron chi connectivity index (χ1n) is 9.16. The average molecular weight is 359 g/mol. The van der Waals surface area contributed by atoms with E-state index in [0.717, 1.165) is 17.7 Å². The molecule has 0 aliphatic rings. The summed E-state index contributed by atoms with van der Waals surface area (Å²) in [5, 5.41) is 6.30. The molecule has 27 heavy (non-hydrogen) atoms. The molecule has 0 saturated heterocycles. The first kappa shape index (κ1) is 18.6. The van der Waals surface area contributed by atoms with Gasteiger partial charge in [0.15, 0.2) is 0 Å². The highest BCUT2D eigenvalue weighted by Gasteiger charge is 2.13. The van der Waals surface area contributed by atoms with Gasteiger partial charge < -0.3 is 10.6 Å².